The largest absolute Gasteiger partial charge is 0.451 e. The van der Waals surface area contributed by atoms with Crippen LogP contribution in [0.3, 0.4) is 0 Å². The minimum atomic E-state index is -1.13. The highest BCUT2D eigenvalue weighted by Crippen LogP contribution is 2.37. The van der Waals surface area contributed by atoms with Crippen LogP contribution in [0.1, 0.15) is 32.6 Å². The first-order chi connectivity index (χ1) is 12.9. The Kier molecular flexibility index (Phi) is 5.53. The molecule has 3 amide bonds. The van der Waals surface area contributed by atoms with Crippen LogP contribution in [0, 0.1) is 17.7 Å². The molecule has 27 heavy (non-hydrogen) atoms. The summed E-state index contributed by atoms with van der Waals surface area (Å²) in [6.07, 6.45) is 2.00. The van der Waals surface area contributed by atoms with Gasteiger partial charge in [-0.2, -0.15) is 0 Å². The van der Waals surface area contributed by atoms with E-state index in [1.165, 1.54) is 31.2 Å². The van der Waals surface area contributed by atoms with E-state index >= 15 is 0 Å². The second-order valence-corrected chi connectivity index (χ2v) is 6.89. The first-order valence-corrected chi connectivity index (χ1v) is 8.98. The van der Waals surface area contributed by atoms with Crippen LogP contribution in [0.4, 0.5) is 10.1 Å². The van der Waals surface area contributed by atoms with Crippen molar-refractivity contribution >= 4 is 29.4 Å². The van der Waals surface area contributed by atoms with Gasteiger partial charge >= 0.3 is 5.97 Å². The van der Waals surface area contributed by atoms with Crippen molar-refractivity contribution in [1.82, 2.24) is 4.90 Å². The van der Waals surface area contributed by atoms with E-state index < -0.39 is 30.3 Å². The number of fused-ring (bicyclic) bond motifs is 1. The summed E-state index contributed by atoms with van der Waals surface area (Å²) in [5.74, 6) is -3.18. The first-order valence-electron chi connectivity index (χ1n) is 8.98. The van der Waals surface area contributed by atoms with Gasteiger partial charge in [0.25, 0.3) is 5.91 Å². The predicted octanol–water partition coefficient (Wildman–Crippen LogP) is 1.87. The number of esters is 1. The van der Waals surface area contributed by atoms with Crippen LogP contribution >= 0.6 is 0 Å². The summed E-state index contributed by atoms with van der Waals surface area (Å²) in [4.78, 5) is 49.9. The summed E-state index contributed by atoms with van der Waals surface area (Å²) in [5, 5.41) is 2.50. The van der Waals surface area contributed by atoms with Crippen LogP contribution in [-0.4, -0.2) is 41.2 Å². The van der Waals surface area contributed by atoms with E-state index in [-0.39, 0.29) is 23.7 Å². The van der Waals surface area contributed by atoms with Crippen LogP contribution < -0.4 is 5.32 Å². The molecule has 1 aromatic carbocycles. The molecule has 8 heteroatoms. The van der Waals surface area contributed by atoms with E-state index in [4.69, 9.17) is 4.74 Å². The van der Waals surface area contributed by atoms with E-state index in [1.54, 1.807) is 0 Å². The lowest BCUT2D eigenvalue weighted by Gasteiger charge is -2.19. The van der Waals surface area contributed by atoms with Gasteiger partial charge in [0.2, 0.25) is 11.8 Å². The Bertz CT molecular complexity index is 740. The summed E-state index contributed by atoms with van der Waals surface area (Å²) < 4.78 is 17.9. The number of likely N-dealkylation sites (tertiary alicyclic amines) is 1. The molecule has 0 aromatic heterocycles. The third-order valence-corrected chi connectivity index (χ3v) is 5.01. The fraction of sp³-hybridized carbons (Fsp3) is 0.474. The number of nitrogens with zero attached hydrogens (tertiary/aromatic N) is 1. The molecule has 2 aliphatic rings. The second kappa shape index (κ2) is 7.85. The van der Waals surface area contributed by atoms with Crippen LogP contribution in [-0.2, 0) is 23.9 Å². The number of amides is 3. The van der Waals surface area contributed by atoms with Crippen molar-refractivity contribution in [2.75, 3.05) is 11.9 Å². The zero-order valence-electron chi connectivity index (χ0n) is 14.9. The Morgan fingerprint density at radius 2 is 1.70 bits per heavy atom. The smallest absolute Gasteiger partial charge is 0.326 e. The van der Waals surface area contributed by atoms with Crippen LogP contribution in [0.2, 0.25) is 0 Å². The fourth-order valence-corrected chi connectivity index (χ4v) is 3.58. The molecule has 1 aliphatic carbocycles. The zero-order valence-corrected chi connectivity index (χ0v) is 14.9. The lowest BCUT2D eigenvalue weighted by atomic mass is 9.81. The Balaban J connectivity index is 1.53. The normalized spacial score (nSPS) is 23.0. The van der Waals surface area contributed by atoms with E-state index in [9.17, 15) is 23.6 Å². The Labute approximate surface area is 155 Å². The van der Waals surface area contributed by atoms with Crippen LogP contribution in [0.5, 0.6) is 0 Å². The molecule has 3 rings (SSSR count). The van der Waals surface area contributed by atoms with Gasteiger partial charge in [-0.3, -0.25) is 24.1 Å². The van der Waals surface area contributed by atoms with Gasteiger partial charge in [0, 0.05) is 5.69 Å². The average Bonchev–Trinajstić information content (AvgIpc) is 2.89. The maximum absolute atomic E-state index is 12.9. The van der Waals surface area contributed by atoms with Gasteiger partial charge < -0.3 is 10.1 Å². The minimum absolute atomic E-state index is 0.329. The van der Waals surface area contributed by atoms with E-state index in [1.807, 2.05) is 0 Å². The van der Waals surface area contributed by atoms with Crippen molar-refractivity contribution in [1.29, 1.82) is 0 Å². The highest BCUT2D eigenvalue weighted by molar-refractivity contribution is 6.07. The molecular weight excluding hydrogens is 355 g/mol. The molecule has 1 aromatic rings. The lowest BCUT2D eigenvalue weighted by Crippen LogP contribution is -2.39. The molecule has 1 heterocycles. The standard InChI is InChI=1S/C19H21FN2O5/c1-11(17(24)21-13-8-6-12(20)7-9-13)27-16(23)10-22-18(25)14-4-2-3-5-15(14)19(22)26/h6-9,11,14-15H,2-5,10H2,1H3,(H,21,24)/t11-,14-,15+/m0/s1. The highest BCUT2D eigenvalue weighted by atomic mass is 19.1. The monoisotopic (exact) mass is 376 g/mol. The van der Waals surface area contributed by atoms with Crippen molar-refractivity contribution in [3.05, 3.63) is 30.1 Å². The Morgan fingerprint density at radius 1 is 1.15 bits per heavy atom. The number of ether oxygens (including phenoxy) is 1. The molecule has 144 valence electrons. The average molecular weight is 376 g/mol. The number of anilines is 1. The Morgan fingerprint density at radius 3 is 2.26 bits per heavy atom. The topological polar surface area (TPSA) is 92.8 Å². The predicted molar refractivity (Wildman–Crippen MR) is 92.8 cm³/mol. The number of imide groups is 1. The number of benzene rings is 1. The third kappa shape index (κ3) is 4.15. The van der Waals surface area contributed by atoms with Gasteiger partial charge in [0.05, 0.1) is 11.8 Å². The maximum Gasteiger partial charge on any atom is 0.326 e. The SMILES string of the molecule is C[C@H](OC(=O)CN1C(=O)[C@H]2CCCC[C@H]2C1=O)C(=O)Nc1ccc(F)cc1. The number of hydrogen-bond acceptors (Lipinski definition) is 5. The van der Waals surface area contributed by atoms with Crippen LogP contribution in [0.15, 0.2) is 24.3 Å². The molecule has 0 bridgehead atoms. The minimum Gasteiger partial charge on any atom is -0.451 e. The molecule has 1 aliphatic heterocycles. The van der Waals surface area contributed by atoms with E-state index in [0.29, 0.717) is 18.5 Å². The van der Waals surface area contributed by atoms with Gasteiger partial charge in [-0.1, -0.05) is 12.8 Å². The first kappa shape index (κ1) is 19.0. The summed E-state index contributed by atoms with van der Waals surface area (Å²) in [5.41, 5.74) is 0.360. The zero-order chi connectivity index (χ0) is 19.6. The molecule has 0 spiro atoms. The summed E-state index contributed by atoms with van der Waals surface area (Å²) in [6.45, 7) is 0.892. The van der Waals surface area contributed by atoms with Gasteiger partial charge in [0.15, 0.2) is 6.10 Å². The summed E-state index contributed by atoms with van der Waals surface area (Å²) in [7, 11) is 0. The van der Waals surface area contributed by atoms with Crippen molar-refractivity contribution in [2.45, 2.75) is 38.7 Å². The number of halogens is 1. The summed E-state index contributed by atoms with van der Waals surface area (Å²) >= 11 is 0. The maximum atomic E-state index is 12.9. The molecule has 3 atom stereocenters. The molecule has 1 N–H and O–H groups in total. The third-order valence-electron chi connectivity index (χ3n) is 5.01. The number of rotatable bonds is 5. The molecule has 0 unspecified atom stereocenters. The molecule has 0 radical (unpaired) electrons. The van der Waals surface area contributed by atoms with Crippen LogP contribution in [0.25, 0.3) is 0 Å². The lowest BCUT2D eigenvalue weighted by molar-refractivity contribution is -0.158. The van der Waals surface area contributed by atoms with Crippen molar-refractivity contribution in [3.8, 4) is 0 Å². The quantitative estimate of drug-likeness (QED) is 0.626. The van der Waals surface area contributed by atoms with Crippen molar-refractivity contribution in [2.24, 2.45) is 11.8 Å². The van der Waals surface area contributed by atoms with E-state index in [0.717, 1.165) is 17.7 Å². The van der Waals surface area contributed by atoms with Gasteiger partial charge in [-0.15, -0.1) is 0 Å². The Hall–Kier alpha value is -2.77. The second-order valence-electron chi connectivity index (χ2n) is 6.89. The van der Waals surface area contributed by atoms with Gasteiger partial charge in [0.1, 0.15) is 12.4 Å². The molecule has 1 saturated carbocycles. The van der Waals surface area contributed by atoms with Crippen molar-refractivity contribution in [3.63, 3.8) is 0 Å². The molecule has 1 saturated heterocycles. The molecule has 7 nitrogen and oxygen atoms in total. The van der Waals surface area contributed by atoms with E-state index in [2.05, 4.69) is 5.32 Å². The summed E-state index contributed by atoms with van der Waals surface area (Å²) in [6, 6.07) is 5.14. The number of carbonyl (C=O) groups is 4. The fourth-order valence-electron chi connectivity index (χ4n) is 3.58. The van der Waals surface area contributed by atoms with Gasteiger partial charge in [-0.05, 0) is 44.0 Å². The molecular formula is C19H21FN2O5. The molecule has 2 fully saturated rings. The number of hydrogen-bond donors (Lipinski definition) is 1. The number of nitrogens with one attached hydrogen (secondary N) is 1. The van der Waals surface area contributed by atoms with Gasteiger partial charge in [-0.25, -0.2) is 4.39 Å². The number of carbonyl (C=O) groups excluding carboxylic acids is 4. The van der Waals surface area contributed by atoms with Crippen molar-refractivity contribution < 1.29 is 28.3 Å². The highest BCUT2D eigenvalue weighted by Gasteiger charge is 2.48.